The van der Waals surface area contributed by atoms with Crippen LogP contribution in [-0.2, 0) is 16.4 Å². The third-order valence-corrected chi connectivity index (χ3v) is 6.32. The van der Waals surface area contributed by atoms with Crippen molar-refractivity contribution < 1.29 is 23.4 Å². The van der Waals surface area contributed by atoms with Gasteiger partial charge in [-0.2, -0.15) is 16.9 Å². The number of aromatic carboxylic acids is 1. The quantitative estimate of drug-likeness (QED) is 0.723. The van der Waals surface area contributed by atoms with Gasteiger partial charge in [0.2, 0.25) is 10.0 Å². The second kappa shape index (κ2) is 6.47. The summed E-state index contributed by atoms with van der Waals surface area (Å²) in [6.07, 6.45) is 1.64. The van der Waals surface area contributed by atoms with E-state index in [1.165, 1.54) is 16.4 Å². The zero-order valence-corrected chi connectivity index (χ0v) is 13.9. The van der Waals surface area contributed by atoms with Crippen molar-refractivity contribution >= 4 is 28.6 Å². The highest BCUT2D eigenvalue weighted by Crippen LogP contribution is 2.32. The van der Waals surface area contributed by atoms with E-state index in [0.717, 1.165) is 0 Å². The molecule has 0 radical (unpaired) electrons. The maximum atomic E-state index is 12.7. The molecule has 2 rings (SSSR count). The molecule has 0 atom stereocenters. The number of rotatable bonds is 4. The maximum absolute atomic E-state index is 12.7. The summed E-state index contributed by atoms with van der Waals surface area (Å²) in [4.78, 5) is 11.1. The normalized spacial score (nSPS) is 17.5. The van der Waals surface area contributed by atoms with Gasteiger partial charge in [0.25, 0.3) is 0 Å². The number of benzene rings is 1. The Morgan fingerprint density at radius 3 is 2.45 bits per heavy atom. The lowest BCUT2D eigenvalue weighted by atomic mass is 10.1. The molecule has 0 saturated carbocycles. The number of carboxylic acid groups (broad SMARTS) is 1. The van der Waals surface area contributed by atoms with E-state index >= 15 is 0 Å². The van der Waals surface area contributed by atoms with Crippen molar-refractivity contribution in [3.8, 4) is 5.75 Å². The number of nitrogens with zero attached hydrogens (tertiary/aromatic N) is 1. The number of sulfonamides is 1. The molecule has 1 saturated heterocycles. The van der Waals surface area contributed by atoms with E-state index in [0.29, 0.717) is 37.9 Å². The Bertz CT molecular complexity index is 679. The minimum atomic E-state index is -3.95. The lowest BCUT2D eigenvalue weighted by molar-refractivity contribution is 0.0688. The van der Waals surface area contributed by atoms with Gasteiger partial charge in [-0.25, -0.2) is 13.2 Å². The molecule has 0 spiro atoms. The molecule has 1 heterocycles. The molecule has 1 aromatic carbocycles. The summed E-state index contributed by atoms with van der Waals surface area (Å²) < 4.78 is 26.7. The lowest BCUT2D eigenvalue weighted by Crippen LogP contribution is -2.39. The Hall–Kier alpha value is -1.25. The molecule has 8 heteroatoms. The molecule has 2 N–H and O–H groups in total. The average Bonchev–Trinajstić information content (AvgIpc) is 2.46. The van der Waals surface area contributed by atoms with Crippen LogP contribution in [0.2, 0.25) is 0 Å². The second-order valence-corrected chi connectivity index (χ2v) is 7.88. The zero-order valence-electron chi connectivity index (χ0n) is 12.2. The lowest BCUT2D eigenvalue weighted by Gasteiger charge is -2.29. The first-order valence-corrected chi connectivity index (χ1v) is 9.01. The standard InChI is InChI=1S/C14H19NO5S2/c1-2-9-3-4-11(12(13(9)16)14(17)18)22(19,20)15-7-5-10(21)6-8-15/h3-4,10,16,21H,2,5-8H2,1H3,(H,17,18). The first kappa shape index (κ1) is 17.1. The fourth-order valence-corrected chi connectivity index (χ4v) is 4.43. The van der Waals surface area contributed by atoms with Crippen LogP contribution in [0.25, 0.3) is 0 Å². The number of piperidine rings is 1. The molecule has 0 aliphatic carbocycles. The van der Waals surface area contributed by atoms with E-state index in [1.54, 1.807) is 6.92 Å². The minimum absolute atomic E-state index is 0.154. The van der Waals surface area contributed by atoms with E-state index < -0.39 is 27.3 Å². The predicted octanol–water partition coefficient (Wildman–Crippen LogP) is 1.74. The largest absolute Gasteiger partial charge is 0.507 e. The number of aromatic hydroxyl groups is 1. The highest BCUT2D eigenvalue weighted by Gasteiger charge is 2.33. The number of thiol groups is 1. The van der Waals surface area contributed by atoms with Gasteiger partial charge in [0.1, 0.15) is 16.2 Å². The maximum Gasteiger partial charge on any atom is 0.340 e. The molecule has 122 valence electrons. The summed E-state index contributed by atoms with van der Waals surface area (Å²) in [5.74, 6) is -1.92. The molecule has 1 fully saturated rings. The molecule has 22 heavy (non-hydrogen) atoms. The van der Waals surface area contributed by atoms with Crippen molar-refractivity contribution in [3.05, 3.63) is 23.3 Å². The van der Waals surface area contributed by atoms with Crippen LogP contribution in [0.15, 0.2) is 17.0 Å². The Balaban J connectivity index is 2.51. The first-order chi connectivity index (χ1) is 10.3. The number of hydrogen-bond donors (Lipinski definition) is 3. The smallest absolute Gasteiger partial charge is 0.340 e. The van der Waals surface area contributed by atoms with Gasteiger partial charge in [-0.05, 0) is 30.9 Å². The minimum Gasteiger partial charge on any atom is -0.507 e. The third kappa shape index (κ3) is 3.09. The topological polar surface area (TPSA) is 94.9 Å². The summed E-state index contributed by atoms with van der Waals surface area (Å²) in [6.45, 7) is 2.35. The van der Waals surface area contributed by atoms with Crippen LogP contribution in [0.1, 0.15) is 35.7 Å². The van der Waals surface area contributed by atoms with Crippen molar-refractivity contribution in [1.29, 1.82) is 0 Å². The van der Waals surface area contributed by atoms with Crippen molar-refractivity contribution in [2.45, 2.75) is 36.3 Å². The molecule has 1 aliphatic heterocycles. The second-order valence-electron chi connectivity index (χ2n) is 5.24. The Kier molecular flexibility index (Phi) is 5.03. The Morgan fingerprint density at radius 2 is 1.95 bits per heavy atom. The molecule has 6 nitrogen and oxygen atoms in total. The fourth-order valence-electron chi connectivity index (χ4n) is 2.54. The van der Waals surface area contributed by atoms with Crippen LogP contribution in [0, 0.1) is 0 Å². The average molecular weight is 345 g/mol. The SMILES string of the molecule is CCc1ccc(S(=O)(=O)N2CCC(S)CC2)c(C(=O)O)c1O. The van der Waals surface area contributed by atoms with E-state index in [9.17, 15) is 23.4 Å². The van der Waals surface area contributed by atoms with E-state index in [-0.39, 0.29) is 10.1 Å². The van der Waals surface area contributed by atoms with Crippen LogP contribution in [0.5, 0.6) is 5.75 Å². The van der Waals surface area contributed by atoms with Crippen LogP contribution < -0.4 is 0 Å². The molecule has 0 aromatic heterocycles. The van der Waals surface area contributed by atoms with Gasteiger partial charge in [0.05, 0.1) is 0 Å². The summed E-state index contributed by atoms with van der Waals surface area (Å²) in [6, 6.07) is 2.73. The van der Waals surface area contributed by atoms with Gasteiger partial charge < -0.3 is 10.2 Å². The van der Waals surface area contributed by atoms with Crippen molar-refractivity contribution in [3.63, 3.8) is 0 Å². The zero-order chi connectivity index (χ0) is 16.5. The van der Waals surface area contributed by atoms with Crippen molar-refractivity contribution in [2.24, 2.45) is 0 Å². The fraction of sp³-hybridized carbons (Fsp3) is 0.500. The van der Waals surface area contributed by atoms with Gasteiger partial charge in [-0.1, -0.05) is 13.0 Å². The summed E-state index contributed by atoms with van der Waals surface area (Å²) in [5.41, 5.74) is -0.141. The van der Waals surface area contributed by atoms with Gasteiger partial charge >= 0.3 is 5.97 Å². The predicted molar refractivity (Wildman–Crippen MR) is 85.2 cm³/mol. The number of carbonyl (C=O) groups is 1. The van der Waals surface area contributed by atoms with Crippen LogP contribution in [0.3, 0.4) is 0 Å². The first-order valence-electron chi connectivity index (χ1n) is 7.05. The van der Waals surface area contributed by atoms with Gasteiger partial charge in [0, 0.05) is 18.3 Å². The highest BCUT2D eigenvalue weighted by molar-refractivity contribution is 7.89. The number of aryl methyl sites for hydroxylation is 1. The Labute approximate surface area is 135 Å². The number of phenols is 1. The molecule has 1 aromatic rings. The molecular weight excluding hydrogens is 326 g/mol. The van der Waals surface area contributed by atoms with Gasteiger partial charge in [-0.3, -0.25) is 0 Å². The third-order valence-electron chi connectivity index (χ3n) is 3.86. The van der Waals surface area contributed by atoms with Crippen molar-refractivity contribution in [2.75, 3.05) is 13.1 Å². The molecular formula is C14H19NO5S2. The molecule has 0 bridgehead atoms. The highest BCUT2D eigenvalue weighted by atomic mass is 32.2. The van der Waals surface area contributed by atoms with E-state index in [2.05, 4.69) is 12.6 Å². The van der Waals surface area contributed by atoms with Crippen molar-refractivity contribution in [1.82, 2.24) is 4.31 Å². The summed E-state index contributed by atoms with van der Waals surface area (Å²) >= 11 is 4.32. The molecule has 0 amide bonds. The monoisotopic (exact) mass is 345 g/mol. The van der Waals surface area contributed by atoms with E-state index in [1.807, 2.05) is 0 Å². The molecule has 0 unspecified atom stereocenters. The van der Waals surface area contributed by atoms with Crippen LogP contribution in [-0.4, -0.2) is 47.2 Å². The van der Waals surface area contributed by atoms with E-state index in [4.69, 9.17) is 0 Å². The molecule has 1 aliphatic rings. The summed E-state index contributed by atoms with van der Waals surface area (Å²) in [7, 11) is -3.95. The van der Waals surface area contributed by atoms with Crippen LogP contribution >= 0.6 is 12.6 Å². The summed E-state index contributed by atoms with van der Waals surface area (Å²) in [5, 5.41) is 19.5. The van der Waals surface area contributed by atoms with Crippen LogP contribution in [0.4, 0.5) is 0 Å². The number of hydrogen-bond acceptors (Lipinski definition) is 5. The van der Waals surface area contributed by atoms with Gasteiger partial charge in [-0.15, -0.1) is 0 Å². The number of carboxylic acids is 1. The van der Waals surface area contributed by atoms with Gasteiger partial charge in [0.15, 0.2) is 0 Å². The Morgan fingerprint density at radius 1 is 1.36 bits per heavy atom.